The van der Waals surface area contributed by atoms with E-state index < -0.39 is 5.54 Å². The Labute approximate surface area is 129 Å². The first-order chi connectivity index (χ1) is 10.2. The highest BCUT2D eigenvalue weighted by Crippen LogP contribution is 2.25. The molecule has 1 saturated heterocycles. The minimum absolute atomic E-state index is 0.0688. The summed E-state index contributed by atoms with van der Waals surface area (Å²) < 4.78 is 0. The minimum atomic E-state index is -0.419. The number of hydrogen-bond acceptors (Lipinski definition) is 3. The minimum Gasteiger partial charge on any atom is -0.394 e. The number of anilines is 1. The number of nitrogens with zero attached hydrogens (tertiary/aromatic N) is 1. The summed E-state index contributed by atoms with van der Waals surface area (Å²) >= 11 is 0. The molecule has 1 fully saturated rings. The smallest absolute Gasteiger partial charge is 0.0629 e. The first-order valence-corrected chi connectivity index (χ1v) is 8.40. The molecule has 3 heteroatoms. The maximum Gasteiger partial charge on any atom is 0.0629 e. The van der Waals surface area contributed by atoms with Gasteiger partial charge in [0, 0.05) is 18.8 Å². The van der Waals surface area contributed by atoms with Gasteiger partial charge >= 0.3 is 0 Å². The molecule has 1 aliphatic heterocycles. The first-order valence-electron chi connectivity index (χ1n) is 8.40. The van der Waals surface area contributed by atoms with Crippen LogP contribution in [-0.2, 0) is 6.42 Å². The predicted octanol–water partition coefficient (Wildman–Crippen LogP) is 3.10. The van der Waals surface area contributed by atoms with E-state index in [1.54, 1.807) is 0 Å². The molecule has 1 unspecified atom stereocenters. The molecule has 1 heterocycles. The second-order valence-corrected chi connectivity index (χ2v) is 6.52. The van der Waals surface area contributed by atoms with E-state index in [0.717, 1.165) is 19.5 Å². The third-order valence-electron chi connectivity index (χ3n) is 4.57. The highest BCUT2D eigenvalue weighted by molar-refractivity contribution is 5.49. The SMILES string of the molecule is CCCCCCCc1ccc(N2CCC(N)(CO)C2)cc1. The fourth-order valence-corrected chi connectivity index (χ4v) is 3.05. The highest BCUT2D eigenvalue weighted by atomic mass is 16.3. The molecular formula is C18H30N2O. The summed E-state index contributed by atoms with van der Waals surface area (Å²) in [5.41, 5.74) is 8.37. The summed E-state index contributed by atoms with van der Waals surface area (Å²) in [6.07, 6.45) is 8.71. The molecule has 0 bridgehead atoms. The van der Waals surface area contributed by atoms with Gasteiger partial charge in [0.15, 0.2) is 0 Å². The number of aryl methyl sites for hydroxylation is 1. The van der Waals surface area contributed by atoms with E-state index in [0.29, 0.717) is 0 Å². The van der Waals surface area contributed by atoms with Crippen molar-refractivity contribution in [2.24, 2.45) is 5.73 Å². The highest BCUT2D eigenvalue weighted by Gasteiger charge is 2.33. The van der Waals surface area contributed by atoms with Gasteiger partial charge in [-0.05, 0) is 37.0 Å². The van der Waals surface area contributed by atoms with Crippen molar-refractivity contribution in [2.45, 2.75) is 57.4 Å². The molecule has 0 radical (unpaired) electrons. The molecule has 1 aromatic rings. The maximum absolute atomic E-state index is 9.34. The van der Waals surface area contributed by atoms with Crippen LogP contribution >= 0.6 is 0 Å². The molecule has 0 spiro atoms. The maximum atomic E-state index is 9.34. The van der Waals surface area contributed by atoms with Crippen molar-refractivity contribution in [1.82, 2.24) is 0 Å². The van der Waals surface area contributed by atoms with Gasteiger partial charge in [-0.15, -0.1) is 0 Å². The van der Waals surface area contributed by atoms with Gasteiger partial charge in [-0.25, -0.2) is 0 Å². The van der Waals surface area contributed by atoms with Crippen LogP contribution in [0, 0.1) is 0 Å². The zero-order valence-electron chi connectivity index (χ0n) is 13.4. The topological polar surface area (TPSA) is 49.5 Å². The average molecular weight is 290 g/mol. The Morgan fingerprint density at radius 1 is 1.14 bits per heavy atom. The lowest BCUT2D eigenvalue weighted by molar-refractivity contribution is 0.210. The van der Waals surface area contributed by atoms with Gasteiger partial charge in [-0.3, -0.25) is 0 Å². The van der Waals surface area contributed by atoms with E-state index >= 15 is 0 Å². The van der Waals surface area contributed by atoms with Crippen LogP contribution in [0.3, 0.4) is 0 Å². The standard InChI is InChI=1S/C18H30N2O/c1-2-3-4-5-6-7-16-8-10-17(11-9-16)20-13-12-18(19,14-20)15-21/h8-11,21H,2-7,12-15,19H2,1H3. The number of benzene rings is 1. The molecule has 0 amide bonds. The zero-order valence-corrected chi connectivity index (χ0v) is 13.4. The van der Waals surface area contributed by atoms with Crippen molar-refractivity contribution < 1.29 is 5.11 Å². The summed E-state index contributed by atoms with van der Waals surface area (Å²) in [4.78, 5) is 2.28. The number of rotatable bonds is 8. The second-order valence-electron chi connectivity index (χ2n) is 6.52. The number of nitrogens with two attached hydrogens (primary N) is 1. The van der Waals surface area contributed by atoms with Crippen LogP contribution in [0.5, 0.6) is 0 Å². The molecule has 1 aliphatic rings. The molecule has 1 aromatic carbocycles. The number of aliphatic hydroxyl groups is 1. The van der Waals surface area contributed by atoms with Gasteiger partial charge in [0.1, 0.15) is 0 Å². The van der Waals surface area contributed by atoms with Crippen LogP contribution in [0.25, 0.3) is 0 Å². The molecule has 2 rings (SSSR count). The van der Waals surface area contributed by atoms with Crippen molar-refractivity contribution in [3.05, 3.63) is 29.8 Å². The Kier molecular flexibility index (Phi) is 6.07. The van der Waals surface area contributed by atoms with Crippen molar-refractivity contribution >= 4 is 5.69 Å². The van der Waals surface area contributed by atoms with E-state index in [1.807, 2.05) is 0 Å². The summed E-state index contributed by atoms with van der Waals surface area (Å²) in [6.45, 7) is 4.01. The molecule has 1 atom stereocenters. The Bertz CT molecular complexity index is 418. The van der Waals surface area contributed by atoms with Crippen molar-refractivity contribution in [3.8, 4) is 0 Å². The van der Waals surface area contributed by atoms with Gasteiger partial charge < -0.3 is 15.7 Å². The third kappa shape index (κ3) is 4.72. The predicted molar refractivity (Wildman–Crippen MR) is 89.7 cm³/mol. The number of aliphatic hydroxyl groups excluding tert-OH is 1. The van der Waals surface area contributed by atoms with Crippen molar-refractivity contribution in [2.75, 3.05) is 24.6 Å². The molecule has 21 heavy (non-hydrogen) atoms. The van der Waals surface area contributed by atoms with Crippen LogP contribution < -0.4 is 10.6 Å². The molecule has 3 N–H and O–H groups in total. The van der Waals surface area contributed by atoms with Crippen LogP contribution in [0.1, 0.15) is 51.0 Å². The lowest BCUT2D eigenvalue weighted by Crippen LogP contribution is -2.46. The normalized spacial score (nSPS) is 22.0. The number of unbranched alkanes of at least 4 members (excludes halogenated alkanes) is 4. The van der Waals surface area contributed by atoms with Gasteiger partial charge in [0.25, 0.3) is 0 Å². The first kappa shape index (κ1) is 16.3. The summed E-state index contributed by atoms with van der Waals surface area (Å²) in [5.74, 6) is 0. The van der Waals surface area contributed by atoms with E-state index in [-0.39, 0.29) is 6.61 Å². The van der Waals surface area contributed by atoms with E-state index in [9.17, 15) is 5.11 Å². The van der Waals surface area contributed by atoms with Crippen LogP contribution in [-0.4, -0.2) is 30.3 Å². The van der Waals surface area contributed by atoms with Gasteiger partial charge in [0.2, 0.25) is 0 Å². The van der Waals surface area contributed by atoms with Crippen LogP contribution in [0.4, 0.5) is 5.69 Å². The zero-order chi connectivity index (χ0) is 15.1. The van der Waals surface area contributed by atoms with Crippen LogP contribution in [0.15, 0.2) is 24.3 Å². The Hall–Kier alpha value is -1.06. The van der Waals surface area contributed by atoms with E-state index in [4.69, 9.17) is 5.73 Å². The second kappa shape index (κ2) is 7.81. The lowest BCUT2D eigenvalue weighted by Gasteiger charge is -2.23. The largest absolute Gasteiger partial charge is 0.394 e. The summed E-state index contributed by atoms with van der Waals surface area (Å²) in [7, 11) is 0. The van der Waals surface area contributed by atoms with Gasteiger partial charge in [-0.2, -0.15) is 0 Å². The van der Waals surface area contributed by atoms with Gasteiger partial charge in [-0.1, -0.05) is 44.7 Å². The monoisotopic (exact) mass is 290 g/mol. The summed E-state index contributed by atoms with van der Waals surface area (Å²) in [6, 6.07) is 8.88. The van der Waals surface area contributed by atoms with E-state index in [2.05, 4.69) is 36.1 Å². The Balaban J connectivity index is 1.80. The third-order valence-corrected chi connectivity index (χ3v) is 4.57. The van der Waals surface area contributed by atoms with E-state index in [1.165, 1.54) is 49.8 Å². The molecule has 0 saturated carbocycles. The fourth-order valence-electron chi connectivity index (χ4n) is 3.05. The average Bonchev–Trinajstić information content (AvgIpc) is 2.91. The Morgan fingerprint density at radius 2 is 1.86 bits per heavy atom. The molecule has 3 nitrogen and oxygen atoms in total. The fraction of sp³-hybridized carbons (Fsp3) is 0.667. The molecule has 118 valence electrons. The molecule has 0 aliphatic carbocycles. The lowest BCUT2D eigenvalue weighted by atomic mass is 10.0. The van der Waals surface area contributed by atoms with Crippen LogP contribution in [0.2, 0.25) is 0 Å². The Morgan fingerprint density at radius 3 is 2.48 bits per heavy atom. The quantitative estimate of drug-likeness (QED) is 0.723. The number of hydrogen-bond donors (Lipinski definition) is 2. The molecule has 0 aromatic heterocycles. The van der Waals surface area contributed by atoms with Crippen molar-refractivity contribution in [1.29, 1.82) is 0 Å². The van der Waals surface area contributed by atoms with Gasteiger partial charge in [0.05, 0.1) is 12.1 Å². The summed E-state index contributed by atoms with van der Waals surface area (Å²) in [5, 5.41) is 9.34. The van der Waals surface area contributed by atoms with Crippen molar-refractivity contribution in [3.63, 3.8) is 0 Å². The molecular weight excluding hydrogens is 260 g/mol.